The molecular weight excluding hydrogens is 379 g/mol. The predicted molar refractivity (Wildman–Crippen MR) is 119 cm³/mol. The Bertz CT molecular complexity index is 1060. The van der Waals surface area contributed by atoms with E-state index in [1.165, 1.54) is 0 Å². The van der Waals surface area contributed by atoms with Crippen molar-refractivity contribution in [1.29, 1.82) is 0 Å². The number of pyridine rings is 1. The molecule has 0 saturated carbocycles. The van der Waals surface area contributed by atoms with Gasteiger partial charge in [0.2, 0.25) is 0 Å². The molecule has 2 aromatic carbocycles. The van der Waals surface area contributed by atoms with Gasteiger partial charge in [0.1, 0.15) is 0 Å². The van der Waals surface area contributed by atoms with Gasteiger partial charge in [0.15, 0.2) is 0 Å². The van der Waals surface area contributed by atoms with Crippen molar-refractivity contribution in [3.8, 4) is 0 Å². The number of hydrogen-bond donors (Lipinski definition) is 4. The van der Waals surface area contributed by atoms with E-state index >= 15 is 0 Å². The van der Waals surface area contributed by atoms with Gasteiger partial charge >= 0.3 is 13.1 Å². The lowest BCUT2D eigenvalue weighted by Gasteiger charge is -2.18. The molecule has 0 bridgehead atoms. The Morgan fingerprint density at radius 1 is 1.20 bits per heavy atom. The number of anilines is 1. The lowest BCUT2D eigenvalue weighted by Crippen LogP contribution is -2.39. The number of nitrogens with one attached hydrogen (secondary N) is 2. The number of carbonyl (C=O) groups excluding carboxylic acids is 1. The van der Waals surface area contributed by atoms with Gasteiger partial charge in [-0.25, -0.2) is 4.79 Å². The maximum Gasteiger partial charge on any atom is 0.488 e. The predicted octanol–water partition coefficient (Wildman–Crippen LogP) is 1.62. The molecule has 0 radical (unpaired) electrons. The smallest absolute Gasteiger partial charge is 0.423 e. The summed E-state index contributed by atoms with van der Waals surface area (Å²) in [5.74, 6) is 0. The average Bonchev–Trinajstić information content (AvgIpc) is 3.14. The van der Waals surface area contributed by atoms with Crippen LogP contribution in [0.5, 0.6) is 0 Å². The number of hydrogen-bond acceptors (Lipinski definition) is 5. The van der Waals surface area contributed by atoms with Gasteiger partial charge in [0.05, 0.1) is 11.2 Å². The van der Waals surface area contributed by atoms with Crippen LogP contribution in [0.1, 0.15) is 17.7 Å². The zero-order chi connectivity index (χ0) is 21.1. The van der Waals surface area contributed by atoms with Gasteiger partial charge in [-0.05, 0) is 36.5 Å². The third kappa shape index (κ3) is 4.79. The Morgan fingerprint density at radius 3 is 2.87 bits per heavy atom. The van der Waals surface area contributed by atoms with Crippen molar-refractivity contribution in [3.63, 3.8) is 0 Å². The summed E-state index contributed by atoms with van der Waals surface area (Å²) >= 11 is 0. The van der Waals surface area contributed by atoms with E-state index in [0.29, 0.717) is 12.0 Å². The first-order valence-corrected chi connectivity index (χ1v) is 10.1. The van der Waals surface area contributed by atoms with Gasteiger partial charge in [0.25, 0.3) is 0 Å². The highest BCUT2D eigenvalue weighted by Crippen LogP contribution is 2.23. The van der Waals surface area contributed by atoms with Crippen molar-refractivity contribution in [3.05, 3.63) is 65.9 Å². The molecule has 1 aromatic heterocycles. The number of amides is 2. The highest BCUT2D eigenvalue weighted by Gasteiger charge is 2.24. The first kappa shape index (κ1) is 20.3. The molecule has 1 fully saturated rings. The topological polar surface area (TPSA) is 97.7 Å². The Kier molecular flexibility index (Phi) is 5.99. The van der Waals surface area contributed by atoms with E-state index in [9.17, 15) is 14.8 Å². The van der Waals surface area contributed by atoms with Crippen molar-refractivity contribution in [2.45, 2.75) is 25.9 Å². The molecule has 1 unspecified atom stereocenters. The number of nitrogens with zero attached hydrogens (tertiary/aromatic N) is 2. The second-order valence-corrected chi connectivity index (χ2v) is 7.77. The molecule has 1 aliphatic rings. The number of aromatic nitrogens is 1. The molecule has 8 heteroatoms. The molecule has 4 rings (SSSR count). The lowest BCUT2D eigenvalue weighted by molar-refractivity contribution is 0.247. The maximum absolute atomic E-state index is 12.6. The highest BCUT2D eigenvalue weighted by atomic mass is 16.4. The summed E-state index contributed by atoms with van der Waals surface area (Å²) in [7, 11) is -1.46. The van der Waals surface area contributed by atoms with E-state index in [0.717, 1.165) is 47.4 Å². The van der Waals surface area contributed by atoms with Crippen LogP contribution in [0.25, 0.3) is 10.9 Å². The molecule has 1 saturated heterocycles. The fraction of sp³-hybridized carbons (Fsp3) is 0.273. The Morgan fingerprint density at radius 2 is 2.03 bits per heavy atom. The standard InChI is InChI=1S/C22H25BN4O3/c1-15-11-21(19-7-2-3-8-20(19)24-15)26-22(28)25-18-9-10-27(14-18)13-16-5-4-6-17(12-16)23(29)30/h2-8,11-12,18,29-30H,9-10,13-14H2,1H3,(H2,24,25,26,28). The second-order valence-electron chi connectivity index (χ2n) is 7.77. The summed E-state index contributed by atoms with van der Waals surface area (Å²) in [6, 6.07) is 16.8. The van der Waals surface area contributed by atoms with E-state index in [-0.39, 0.29) is 12.1 Å². The molecule has 2 heterocycles. The van der Waals surface area contributed by atoms with E-state index < -0.39 is 7.12 Å². The molecule has 1 atom stereocenters. The molecule has 1 aliphatic heterocycles. The van der Waals surface area contributed by atoms with Crippen molar-refractivity contribution >= 4 is 35.2 Å². The third-order valence-corrected chi connectivity index (χ3v) is 5.36. The monoisotopic (exact) mass is 404 g/mol. The molecule has 7 nitrogen and oxygen atoms in total. The zero-order valence-corrected chi connectivity index (χ0v) is 16.9. The van der Waals surface area contributed by atoms with Crippen LogP contribution in [0.15, 0.2) is 54.6 Å². The van der Waals surface area contributed by atoms with E-state index in [1.807, 2.05) is 49.4 Å². The van der Waals surface area contributed by atoms with Crippen LogP contribution in [0.2, 0.25) is 0 Å². The summed E-state index contributed by atoms with van der Waals surface area (Å²) in [4.78, 5) is 19.3. The fourth-order valence-corrected chi connectivity index (χ4v) is 3.96. The quantitative estimate of drug-likeness (QED) is 0.485. The molecule has 0 aliphatic carbocycles. The Labute approximate surface area is 175 Å². The van der Waals surface area contributed by atoms with Crippen LogP contribution >= 0.6 is 0 Å². The molecule has 2 amide bonds. The normalized spacial score (nSPS) is 16.6. The Balaban J connectivity index is 1.35. The minimum atomic E-state index is -1.46. The van der Waals surface area contributed by atoms with E-state index in [2.05, 4.69) is 20.5 Å². The summed E-state index contributed by atoms with van der Waals surface area (Å²) < 4.78 is 0. The van der Waals surface area contributed by atoms with Crippen LogP contribution in [0.4, 0.5) is 10.5 Å². The fourth-order valence-electron chi connectivity index (χ4n) is 3.96. The minimum absolute atomic E-state index is 0.0609. The SMILES string of the molecule is Cc1cc(NC(=O)NC2CCN(Cc3cccc(B(O)O)c3)C2)c2ccccc2n1. The maximum atomic E-state index is 12.6. The number of carbonyl (C=O) groups is 1. The number of benzene rings is 2. The second kappa shape index (κ2) is 8.83. The number of aryl methyl sites for hydroxylation is 1. The van der Waals surface area contributed by atoms with Crippen LogP contribution in [0.3, 0.4) is 0 Å². The van der Waals surface area contributed by atoms with Gasteiger partial charge in [-0.2, -0.15) is 0 Å². The summed E-state index contributed by atoms with van der Waals surface area (Å²) in [6.07, 6.45) is 0.867. The number of urea groups is 1. The van der Waals surface area contributed by atoms with Gasteiger partial charge in [-0.1, -0.05) is 42.5 Å². The summed E-state index contributed by atoms with van der Waals surface area (Å²) in [6.45, 7) is 4.23. The molecule has 4 N–H and O–H groups in total. The third-order valence-electron chi connectivity index (χ3n) is 5.36. The number of likely N-dealkylation sites (tertiary alicyclic amines) is 1. The van der Waals surface area contributed by atoms with Crippen LogP contribution in [-0.2, 0) is 6.54 Å². The van der Waals surface area contributed by atoms with Gasteiger partial charge in [0, 0.05) is 36.8 Å². The first-order chi connectivity index (χ1) is 14.5. The van der Waals surface area contributed by atoms with Crippen molar-refractivity contribution in [2.24, 2.45) is 0 Å². The van der Waals surface area contributed by atoms with Crippen LogP contribution in [0, 0.1) is 6.92 Å². The molecular formula is C22H25BN4O3. The Hall–Kier alpha value is -2.94. The van der Waals surface area contributed by atoms with Gasteiger partial charge < -0.3 is 20.7 Å². The molecule has 0 spiro atoms. The van der Waals surface area contributed by atoms with E-state index in [4.69, 9.17) is 0 Å². The van der Waals surface area contributed by atoms with Gasteiger partial charge in [-0.15, -0.1) is 0 Å². The van der Waals surface area contributed by atoms with Crippen LogP contribution < -0.4 is 16.1 Å². The van der Waals surface area contributed by atoms with Gasteiger partial charge in [-0.3, -0.25) is 9.88 Å². The lowest BCUT2D eigenvalue weighted by atomic mass is 9.79. The summed E-state index contributed by atoms with van der Waals surface area (Å²) in [5.41, 5.74) is 3.97. The van der Waals surface area contributed by atoms with Crippen molar-refractivity contribution in [1.82, 2.24) is 15.2 Å². The number of para-hydroxylation sites is 1. The molecule has 3 aromatic rings. The van der Waals surface area contributed by atoms with Crippen LogP contribution in [-0.4, -0.2) is 52.2 Å². The highest BCUT2D eigenvalue weighted by molar-refractivity contribution is 6.58. The molecule has 154 valence electrons. The minimum Gasteiger partial charge on any atom is -0.423 e. The van der Waals surface area contributed by atoms with Crippen molar-refractivity contribution in [2.75, 3.05) is 18.4 Å². The zero-order valence-electron chi connectivity index (χ0n) is 16.9. The van der Waals surface area contributed by atoms with Crippen molar-refractivity contribution < 1.29 is 14.8 Å². The largest absolute Gasteiger partial charge is 0.488 e. The average molecular weight is 404 g/mol. The van der Waals surface area contributed by atoms with E-state index in [1.54, 1.807) is 12.1 Å². The first-order valence-electron chi connectivity index (χ1n) is 10.1. The number of fused-ring (bicyclic) bond motifs is 1. The summed E-state index contributed by atoms with van der Waals surface area (Å²) in [5, 5.41) is 25.6. The molecule has 30 heavy (non-hydrogen) atoms. The number of rotatable bonds is 5.